The molecular formula is C17H26N2O2. The molecule has 1 aromatic carbocycles. The van der Waals surface area contributed by atoms with Crippen molar-refractivity contribution < 1.29 is 9.90 Å². The van der Waals surface area contributed by atoms with E-state index in [4.69, 9.17) is 0 Å². The third-order valence-electron chi connectivity index (χ3n) is 4.28. The molecule has 1 heterocycles. The Hall–Kier alpha value is -1.39. The number of hydrogen-bond donors (Lipinski definition) is 2. The number of aliphatic hydroxyl groups excluding tert-OH is 1. The number of aliphatic hydroxyl groups is 1. The second-order valence-corrected chi connectivity index (χ2v) is 5.92. The molecule has 116 valence electrons. The molecule has 2 rings (SSSR count). The minimum atomic E-state index is 0.0538. The lowest BCUT2D eigenvalue weighted by Gasteiger charge is -2.33. The molecule has 4 nitrogen and oxygen atoms in total. The lowest BCUT2D eigenvalue weighted by atomic mass is 10.0. The SMILES string of the molecule is CC(CNC(=O)CN1CCCCC1CO)c1ccccc1. The van der Waals surface area contributed by atoms with Gasteiger partial charge >= 0.3 is 0 Å². The van der Waals surface area contributed by atoms with Crippen molar-refractivity contribution in [2.75, 3.05) is 26.2 Å². The van der Waals surface area contributed by atoms with Crippen LogP contribution >= 0.6 is 0 Å². The molecule has 1 saturated heterocycles. The van der Waals surface area contributed by atoms with Crippen LogP contribution in [0.1, 0.15) is 37.7 Å². The van der Waals surface area contributed by atoms with E-state index >= 15 is 0 Å². The Balaban J connectivity index is 1.76. The van der Waals surface area contributed by atoms with Gasteiger partial charge in [-0.25, -0.2) is 0 Å². The maximum absolute atomic E-state index is 12.1. The second-order valence-electron chi connectivity index (χ2n) is 5.92. The lowest BCUT2D eigenvalue weighted by molar-refractivity contribution is -0.123. The summed E-state index contributed by atoms with van der Waals surface area (Å²) in [4.78, 5) is 14.2. The third kappa shape index (κ3) is 4.83. The highest BCUT2D eigenvalue weighted by molar-refractivity contribution is 5.78. The van der Waals surface area contributed by atoms with Crippen LogP contribution in [0.5, 0.6) is 0 Å². The third-order valence-corrected chi connectivity index (χ3v) is 4.28. The second kappa shape index (κ2) is 8.15. The molecule has 0 spiro atoms. The Kier molecular flexibility index (Phi) is 6.21. The first-order valence-corrected chi connectivity index (χ1v) is 7.87. The first kappa shape index (κ1) is 16.0. The average Bonchev–Trinajstić information content (AvgIpc) is 2.54. The number of likely N-dealkylation sites (tertiary alicyclic amines) is 1. The highest BCUT2D eigenvalue weighted by atomic mass is 16.3. The van der Waals surface area contributed by atoms with Gasteiger partial charge in [-0.2, -0.15) is 0 Å². The molecule has 1 aliphatic heterocycles. The number of piperidine rings is 1. The van der Waals surface area contributed by atoms with Gasteiger partial charge < -0.3 is 10.4 Å². The van der Waals surface area contributed by atoms with Crippen molar-refractivity contribution in [2.45, 2.75) is 38.1 Å². The monoisotopic (exact) mass is 290 g/mol. The molecule has 2 N–H and O–H groups in total. The van der Waals surface area contributed by atoms with Gasteiger partial charge in [0.25, 0.3) is 0 Å². The summed E-state index contributed by atoms with van der Waals surface area (Å²) >= 11 is 0. The van der Waals surface area contributed by atoms with Gasteiger partial charge in [-0.05, 0) is 30.9 Å². The van der Waals surface area contributed by atoms with Crippen LogP contribution in [-0.4, -0.2) is 48.2 Å². The van der Waals surface area contributed by atoms with E-state index in [0.717, 1.165) is 25.8 Å². The van der Waals surface area contributed by atoms with Crippen molar-refractivity contribution in [2.24, 2.45) is 0 Å². The molecule has 1 amide bonds. The molecular weight excluding hydrogens is 264 g/mol. The summed E-state index contributed by atoms with van der Waals surface area (Å²) in [6, 6.07) is 10.4. The molecule has 2 unspecified atom stereocenters. The number of rotatable bonds is 6. The maximum atomic E-state index is 12.1. The lowest BCUT2D eigenvalue weighted by Crippen LogP contribution is -2.47. The van der Waals surface area contributed by atoms with Crippen LogP contribution in [-0.2, 0) is 4.79 Å². The van der Waals surface area contributed by atoms with Crippen LogP contribution in [0.25, 0.3) is 0 Å². The molecule has 21 heavy (non-hydrogen) atoms. The van der Waals surface area contributed by atoms with Crippen molar-refractivity contribution in [1.82, 2.24) is 10.2 Å². The number of amides is 1. The summed E-state index contributed by atoms with van der Waals surface area (Å²) in [6.45, 7) is 4.22. The Bertz CT molecular complexity index is 436. The molecule has 1 aromatic rings. The predicted octanol–water partition coefficient (Wildman–Crippen LogP) is 1.75. The molecule has 0 aliphatic carbocycles. The highest BCUT2D eigenvalue weighted by Crippen LogP contribution is 2.16. The first-order valence-electron chi connectivity index (χ1n) is 7.87. The Morgan fingerprint density at radius 3 is 2.86 bits per heavy atom. The van der Waals surface area contributed by atoms with Crippen LogP contribution in [0.4, 0.5) is 0 Å². The van der Waals surface area contributed by atoms with Gasteiger partial charge in [-0.1, -0.05) is 43.7 Å². The van der Waals surface area contributed by atoms with Crippen molar-refractivity contribution >= 4 is 5.91 Å². The predicted molar refractivity (Wildman–Crippen MR) is 84.2 cm³/mol. The van der Waals surface area contributed by atoms with E-state index in [2.05, 4.69) is 29.3 Å². The Morgan fingerprint density at radius 2 is 2.14 bits per heavy atom. The number of hydrogen-bond acceptors (Lipinski definition) is 3. The first-order chi connectivity index (χ1) is 10.2. The number of carbonyl (C=O) groups excluding carboxylic acids is 1. The molecule has 1 fully saturated rings. The molecule has 1 aliphatic rings. The van der Waals surface area contributed by atoms with Crippen molar-refractivity contribution in [1.29, 1.82) is 0 Å². The van der Waals surface area contributed by atoms with Gasteiger partial charge in [-0.15, -0.1) is 0 Å². The van der Waals surface area contributed by atoms with Crippen molar-refractivity contribution in [3.8, 4) is 0 Å². The fourth-order valence-corrected chi connectivity index (χ4v) is 2.88. The van der Waals surface area contributed by atoms with Crippen LogP contribution in [0.15, 0.2) is 30.3 Å². The van der Waals surface area contributed by atoms with Gasteiger partial charge in [0.1, 0.15) is 0 Å². The molecule has 0 bridgehead atoms. The zero-order valence-electron chi connectivity index (χ0n) is 12.8. The topological polar surface area (TPSA) is 52.6 Å². The van der Waals surface area contributed by atoms with E-state index in [9.17, 15) is 9.90 Å². The van der Waals surface area contributed by atoms with Crippen LogP contribution < -0.4 is 5.32 Å². The smallest absolute Gasteiger partial charge is 0.234 e. The summed E-state index contributed by atoms with van der Waals surface area (Å²) in [5.74, 6) is 0.364. The zero-order chi connectivity index (χ0) is 15.1. The van der Waals surface area contributed by atoms with E-state index < -0.39 is 0 Å². The zero-order valence-corrected chi connectivity index (χ0v) is 12.8. The van der Waals surface area contributed by atoms with Gasteiger partial charge in [0.2, 0.25) is 5.91 Å². The van der Waals surface area contributed by atoms with E-state index in [1.165, 1.54) is 5.56 Å². The van der Waals surface area contributed by atoms with Gasteiger partial charge in [0.05, 0.1) is 13.2 Å². The van der Waals surface area contributed by atoms with E-state index in [0.29, 0.717) is 19.0 Å². The number of nitrogens with zero attached hydrogens (tertiary/aromatic N) is 1. The van der Waals surface area contributed by atoms with Gasteiger partial charge in [-0.3, -0.25) is 9.69 Å². The fourth-order valence-electron chi connectivity index (χ4n) is 2.88. The van der Waals surface area contributed by atoms with E-state index in [1.54, 1.807) is 0 Å². The average molecular weight is 290 g/mol. The van der Waals surface area contributed by atoms with Crippen LogP contribution in [0.3, 0.4) is 0 Å². The molecule has 4 heteroatoms. The summed E-state index contributed by atoms with van der Waals surface area (Å²) in [5, 5.41) is 12.4. The van der Waals surface area contributed by atoms with Crippen LogP contribution in [0, 0.1) is 0 Å². The number of nitrogens with one attached hydrogen (secondary N) is 1. The quantitative estimate of drug-likeness (QED) is 0.839. The Morgan fingerprint density at radius 1 is 1.38 bits per heavy atom. The van der Waals surface area contributed by atoms with E-state index in [-0.39, 0.29) is 18.6 Å². The van der Waals surface area contributed by atoms with Crippen molar-refractivity contribution in [3.05, 3.63) is 35.9 Å². The standard InChI is InChI=1S/C17H26N2O2/c1-14(15-7-3-2-4-8-15)11-18-17(21)12-19-10-6-5-9-16(19)13-20/h2-4,7-8,14,16,20H,5-6,9-13H2,1H3,(H,18,21). The van der Waals surface area contributed by atoms with Gasteiger partial charge in [0.15, 0.2) is 0 Å². The minimum Gasteiger partial charge on any atom is -0.395 e. The minimum absolute atomic E-state index is 0.0538. The molecule has 2 atom stereocenters. The summed E-state index contributed by atoms with van der Waals surface area (Å²) < 4.78 is 0. The molecule has 0 aromatic heterocycles. The largest absolute Gasteiger partial charge is 0.395 e. The highest BCUT2D eigenvalue weighted by Gasteiger charge is 2.23. The fraction of sp³-hybridized carbons (Fsp3) is 0.588. The number of benzene rings is 1. The molecule has 0 saturated carbocycles. The normalized spacial score (nSPS) is 21.0. The summed E-state index contributed by atoms with van der Waals surface area (Å²) in [6.07, 6.45) is 3.25. The summed E-state index contributed by atoms with van der Waals surface area (Å²) in [5.41, 5.74) is 1.24. The Labute approximate surface area is 127 Å². The number of carbonyl (C=O) groups is 1. The van der Waals surface area contributed by atoms with Gasteiger partial charge in [0, 0.05) is 12.6 Å². The van der Waals surface area contributed by atoms with Crippen LogP contribution in [0.2, 0.25) is 0 Å². The summed E-state index contributed by atoms with van der Waals surface area (Å²) in [7, 11) is 0. The maximum Gasteiger partial charge on any atom is 0.234 e. The van der Waals surface area contributed by atoms with Crippen molar-refractivity contribution in [3.63, 3.8) is 0 Å². The van der Waals surface area contributed by atoms with E-state index in [1.807, 2.05) is 18.2 Å². The molecule has 0 radical (unpaired) electrons.